The second-order valence-electron chi connectivity index (χ2n) is 7.25. The standard InChI is InChI=1S/C15H22N2O2S.C6H3N3O7/c1-5-18-14(19-6-2)9-20-15-16-12-7-10(3)11(4)8-13(12)17-15;10-6-4(8(13)14)1-3(7(11)12)2-5(6)9(15)16/h7-8,14H,5-6,9H2,1-4H3,(H,16,17);1-2,10H. The fraction of sp³-hybridized carbons (Fsp3) is 0.381. The van der Waals surface area contributed by atoms with Crippen molar-refractivity contribution >= 4 is 39.9 Å². The summed E-state index contributed by atoms with van der Waals surface area (Å²) in [6, 6.07) is 5.16. The number of nitrogens with zero attached hydrogens (tertiary/aromatic N) is 4. The van der Waals surface area contributed by atoms with Gasteiger partial charge >= 0.3 is 11.4 Å². The van der Waals surface area contributed by atoms with Crippen LogP contribution in [0.4, 0.5) is 17.1 Å². The average molecular weight is 524 g/mol. The number of benzene rings is 2. The number of phenols is 1. The molecule has 0 fully saturated rings. The number of phenolic OH excluding ortho intramolecular Hbond substituents is 1. The number of hydrogen-bond donors (Lipinski definition) is 2. The van der Waals surface area contributed by atoms with Crippen molar-refractivity contribution in [3.63, 3.8) is 0 Å². The summed E-state index contributed by atoms with van der Waals surface area (Å²) in [4.78, 5) is 35.7. The average Bonchev–Trinajstić information content (AvgIpc) is 3.19. The normalized spacial score (nSPS) is 10.8. The second-order valence-corrected chi connectivity index (χ2v) is 8.26. The van der Waals surface area contributed by atoms with Crippen LogP contribution >= 0.6 is 11.8 Å². The van der Waals surface area contributed by atoms with E-state index in [9.17, 15) is 30.3 Å². The molecule has 2 N–H and O–H groups in total. The van der Waals surface area contributed by atoms with Crippen LogP contribution in [0.5, 0.6) is 5.75 Å². The summed E-state index contributed by atoms with van der Waals surface area (Å²) in [5, 5.41) is 41.1. The predicted molar refractivity (Wildman–Crippen MR) is 131 cm³/mol. The Bertz CT molecular complexity index is 1180. The van der Waals surface area contributed by atoms with E-state index in [1.807, 2.05) is 13.8 Å². The summed E-state index contributed by atoms with van der Waals surface area (Å²) >= 11 is 1.63. The lowest BCUT2D eigenvalue weighted by atomic mass is 10.1. The molecule has 14 nitrogen and oxygen atoms in total. The minimum atomic E-state index is -1.21. The summed E-state index contributed by atoms with van der Waals surface area (Å²) in [6.45, 7) is 9.49. The first-order valence-corrected chi connectivity index (χ1v) is 11.6. The molecule has 36 heavy (non-hydrogen) atoms. The van der Waals surface area contributed by atoms with E-state index >= 15 is 0 Å². The molecule has 0 unspecified atom stereocenters. The highest BCUT2D eigenvalue weighted by molar-refractivity contribution is 7.99. The van der Waals surface area contributed by atoms with E-state index in [1.165, 1.54) is 11.1 Å². The Hall–Kier alpha value is -3.82. The molecule has 0 aliphatic rings. The number of nitro benzene ring substituents is 3. The number of non-ortho nitro benzene ring substituents is 1. The Morgan fingerprint density at radius 3 is 1.94 bits per heavy atom. The van der Waals surface area contributed by atoms with E-state index in [2.05, 4.69) is 35.9 Å². The summed E-state index contributed by atoms with van der Waals surface area (Å²) < 4.78 is 11.1. The third-order valence-corrected chi connectivity index (χ3v) is 5.70. The molecule has 1 heterocycles. The van der Waals surface area contributed by atoms with Gasteiger partial charge in [0.15, 0.2) is 11.4 Å². The number of ether oxygens (including phenoxy) is 2. The minimum Gasteiger partial charge on any atom is -0.497 e. The van der Waals surface area contributed by atoms with Crippen LogP contribution in [0.2, 0.25) is 0 Å². The van der Waals surface area contributed by atoms with E-state index in [-0.39, 0.29) is 6.29 Å². The van der Waals surface area contributed by atoms with Gasteiger partial charge in [0, 0.05) is 13.2 Å². The van der Waals surface area contributed by atoms with Crippen molar-refractivity contribution in [2.75, 3.05) is 19.0 Å². The lowest BCUT2D eigenvalue weighted by Gasteiger charge is -2.15. The van der Waals surface area contributed by atoms with Crippen molar-refractivity contribution in [3.05, 3.63) is 65.7 Å². The number of aromatic amines is 1. The van der Waals surface area contributed by atoms with Gasteiger partial charge in [-0.2, -0.15) is 0 Å². The monoisotopic (exact) mass is 523 g/mol. The Morgan fingerprint density at radius 1 is 0.944 bits per heavy atom. The minimum absolute atomic E-state index is 0.174. The quantitative estimate of drug-likeness (QED) is 0.160. The van der Waals surface area contributed by atoms with Crippen LogP contribution in [-0.2, 0) is 9.47 Å². The van der Waals surface area contributed by atoms with Crippen molar-refractivity contribution in [1.29, 1.82) is 0 Å². The molecular formula is C21H25N5O9S. The van der Waals surface area contributed by atoms with Gasteiger partial charge < -0.3 is 19.6 Å². The maximum atomic E-state index is 10.4. The third kappa shape index (κ3) is 7.34. The van der Waals surface area contributed by atoms with Crippen LogP contribution in [0.1, 0.15) is 25.0 Å². The van der Waals surface area contributed by atoms with Crippen LogP contribution in [0.25, 0.3) is 11.0 Å². The lowest BCUT2D eigenvalue weighted by molar-refractivity contribution is -0.404. The first-order valence-electron chi connectivity index (χ1n) is 10.6. The fourth-order valence-electron chi connectivity index (χ4n) is 2.95. The number of fused-ring (bicyclic) bond motifs is 1. The molecule has 0 saturated heterocycles. The molecular weight excluding hydrogens is 498 g/mol. The molecule has 0 atom stereocenters. The Morgan fingerprint density at radius 2 is 1.47 bits per heavy atom. The molecule has 0 amide bonds. The number of thioether (sulfide) groups is 1. The highest BCUT2D eigenvalue weighted by Gasteiger charge is 2.30. The molecule has 0 spiro atoms. The number of nitro groups is 3. The molecule has 2 aromatic carbocycles. The smallest absolute Gasteiger partial charge is 0.324 e. The van der Waals surface area contributed by atoms with Crippen LogP contribution in [-0.4, -0.2) is 55.1 Å². The molecule has 0 aliphatic carbocycles. The summed E-state index contributed by atoms with van der Waals surface area (Å²) in [6.07, 6.45) is -0.174. The zero-order valence-electron chi connectivity index (χ0n) is 19.9. The van der Waals surface area contributed by atoms with Gasteiger partial charge in [0.1, 0.15) is 0 Å². The molecule has 3 rings (SSSR count). The lowest BCUT2D eigenvalue weighted by Crippen LogP contribution is -2.20. The highest BCUT2D eigenvalue weighted by Crippen LogP contribution is 2.39. The number of aromatic nitrogens is 2. The molecule has 0 bridgehead atoms. The van der Waals surface area contributed by atoms with Gasteiger partial charge in [-0.25, -0.2) is 4.98 Å². The third-order valence-electron chi connectivity index (χ3n) is 4.80. The maximum absolute atomic E-state index is 10.4. The Labute approximate surface area is 209 Å². The topological polar surface area (TPSA) is 197 Å². The first-order chi connectivity index (χ1) is 17.0. The summed E-state index contributed by atoms with van der Waals surface area (Å²) in [7, 11) is 0. The van der Waals surface area contributed by atoms with Gasteiger partial charge in [-0.3, -0.25) is 30.3 Å². The predicted octanol–water partition coefficient (Wildman–Crippen LogP) is 4.79. The number of imidazole rings is 1. The molecule has 194 valence electrons. The van der Waals surface area contributed by atoms with Gasteiger partial charge in [-0.15, -0.1) is 0 Å². The van der Waals surface area contributed by atoms with Crippen molar-refractivity contribution in [1.82, 2.24) is 9.97 Å². The summed E-state index contributed by atoms with van der Waals surface area (Å²) in [5.41, 5.74) is 1.64. The Kier molecular flexibility index (Phi) is 10.1. The molecule has 0 aliphatic heterocycles. The van der Waals surface area contributed by atoms with Crippen molar-refractivity contribution < 1.29 is 29.4 Å². The van der Waals surface area contributed by atoms with E-state index in [0.717, 1.165) is 21.9 Å². The van der Waals surface area contributed by atoms with Crippen LogP contribution in [0.15, 0.2) is 29.4 Å². The molecule has 1 aromatic heterocycles. The van der Waals surface area contributed by atoms with Crippen LogP contribution in [0.3, 0.4) is 0 Å². The number of aromatic hydroxyl groups is 1. The zero-order valence-corrected chi connectivity index (χ0v) is 20.7. The van der Waals surface area contributed by atoms with Crippen molar-refractivity contribution in [2.24, 2.45) is 0 Å². The van der Waals surface area contributed by atoms with E-state index < -0.39 is 37.6 Å². The fourth-order valence-corrected chi connectivity index (χ4v) is 3.78. The molecule has 15 heteroatoms. The number of aryl methyl sites for hydroxylation is 2. The molecule has 0 radical (unpaired) electrons. The maximum Gasteiger partial charge on any atom is 0.324 e. The van der Waals surface area contributed by atoms with Gasteiger partial charge in [0.05, 0.1) is 43.7 Å². The number of rotatable bonds is 10. The number of nitrogens with one attached hydrogen (secondary N) is 1. The number of H-pyrrole nitrogens is 1. The second kappa shape index (κ2) is 12.8. The zero-order chi connectivity index (χ0) is 27.0. The SMILES string of the molecule is CCOC(CSc1nc2cc(C)c(C)cc2[nH]1)OCC.O=[N+]([O-])c1cc([N+](=O)[O-])c(O)c([N+](=O)[O-])c1. The van der Waals surface area contributed by atoms with Crippen LogP contribution < -0.4 is 0 Å². The van der Waals surface area contributed by atoms with E-state index in [0.29, 0.717) is 25.3 Å². The largest absolute Gasteiger partial charge is 0.497 e. The van der Waals surface area contributed by atoms with Gasteiger partial charge in [-0.1, -0.05) is 11.8 Å². The van der Waals surface area contributed by atoms with Gasteiger partial charge in [0.2, 0.25) is 0 Å². The first kappa shape index (κ1) is 28.4. The Balaban J connectivity index is 0.000000261. The van der Waals surface area contributed by atoms with Crippen LogP contribution in [0, 0.1) is 44.2 Å². The molecule has 3 aromatic rings. The van der Waals surface area contributed by atoms with E-state index in [1.54, 1.807) is 11.8 Å². The van der Waals surface area contributed by atoms with Crippen molar-refractivity contribution in [3.8, 4) is 5.75 Å². The highest BCUT2D eigenvalue weighted by atomic mass is 32.2. The van der Waals surface area contributed by atoms with E-state index in [4.69, 9.17) is 14.6 Å². The number of hydrogen-bond acceptors (Lipinski definition) is 11. The molecule has 0 saturated carbocycles. The van der Waals surface area contributed by atoms with Crippen molar-refractivity contribution in [2.45, 2.75) is 39.1 Å². The van der Waals surface area contributed by atoms with Gasteiger partial charge in [-0.05, 0) is 51.0 Å². The summed E-state index contributed by atoms with van der Waals surface area (Å²) in [5.74, 6) is -0.472. The van der Waals surface area contributed by atoms with Gasteiger partial charge in [0.25, 0.3) is 11.4 Å².